The molecule has 0 aliphatic rings. The van der Waals surface area contributed by atoms with Crippen LogP contribution in [0.5, 0.6) is 0 Å². The number of halogens is 1. The van der Waals surface area contributed by atoms with Crippen LogP contribution in [0.4, 0.5) is 0 Å². The molecule has 0 bridgehead atoms. The molecule has 1 heterocycles. The van der Waals surface area contributed by atoms with Crippen LogP contribution in [0.15, 0.2) is 30.6 Å². The quantitative estimate of drug-likeness (QED) is 0.766. The molecular weight excluding hydrogens is 224 g/mol. The van der Waals surface area contributed by atoms with Crippen molar-refractivity contribution in [1.82, 2.24) is 9.78 Å². The van der Waals surface area contributed by atoms with Crippen molar-refractivity contribution in [2.75, 3.05) is 0 Å². The first-order chi connectivity index (χ1) is 7.74. The second-order valence-corrected chi connectivity index (χ2v) is 3.87. The van der Waals surface area contributed by atoms with Crippen LogP contribution >= 0.6 is 11.6 Å². The SMILES string of the molecule is CCn1cc(-c2cc(Cl)ccc2C=O)cn1. The Labute approximate surface area is 98.7 Å². The maximum Gasteiger partial charge on any atom is 0.150 e. The van der Waals surface area contributed by atoms with Crippen LogP contribution in [0.3, 0.4) is 0 Å². The Kier molecular flexibility index (Phi) is 3.06. The highest BCUT2D eigenvalue weighted by Gasteiger charge is 2.07. The Morgan fingerprint density at radius 1 is 1.50 bits per heavy atom. The van der Waals surface area contributed by atoms with E-state index < -0.39 is 0 Å². The zero-order chi connectivity index (χ0) is 11.5. The summed E-state index contributed by atoms with van der Waals surface area (Å²) in [6.07, 6.45) is 4.47. The van der Waals surface area contributed by atoms with Crippen LogP contribution in [0, 0.1) is 0 Å². The van der Waals surface area contributed by atoms with Gasteiger partial charge < -0.3 is 0 Å². The average Bonchev–Trinajstić information content (AvgIpc) is 2.77. The highest BCUT2D eigenvalue weighted by Crippen LogP contribution is 2.25. The first kappa shape index (κ1) is 10.9. The Morgan fingerprint density at radius 3 is 2.94 bits per heavy atom. The molecular formula is C12H11ClN2O. The summed E-state index contributed by atoms with van der Waals surface area (Å²) >= 11 is 5.92. The minimum Gasteiger partial charge on any atom is -0.298 e. The fourth-order valence-electron chi connectivity index (χ4n) is 1.56. The van der Waals surface area contributed by atoms with Gasteiger partial charge in [0.2, 0.25) is 0 Å². The second-order valence-electron chi connectivity index (χ2n) is 3.43. The highest BCUT2D eigenvalue weighted by atomic mass is 35.5. The Morgan fingerprint density at radius 2 is 2.31 bits per heavy atom. The molecule has 0 spiro atoms. The van der Waals surface area contributed by atoms with E-state index in [1.165, 1.54) is 0 Å². The molecule has 0 amide bonds. The van der Waals surface area contributed by atoms with E-state index in [1.54, 1.807) is 24.4 Å². The molecule has 3 nitrogen and oxygen atoms in total. The molecule has 4 heteroatoms. The zero-order valence-electron chi connectivity index (χ0n) is 8.85. The van der Waals surface area contributed by atoms with E-state index in [4.69, 9.17) is 11.6 Å². The molecule has 0 aliphatic heterocycles. The van der Waals surface area contributed by atoms with Gasteiger partial charge in [-0.2, -0.15) is 5.10 Å². The van der Waals surface area contributed by atoms with Gasteiger partial charge in [-0.3, -0.25) is 9.48 Å². The molecule has 0 atom stereocenters. The van der Waals surface area contributed by atoms with Gasteiger partial charge in [0.1, 0.15) is 0 Å². The van der Waals surface area contributed by atoms with Gasteiger partial charge >= 0.3 is 0 Å². The van der Waals surface area contributed by atoms with Crippen molar-refractivity contribution in [1.29, 1.82) is 0 Å². The van der Waals surface area contributed by atoms with Crippen molar-refractivity contribution >= 4 is 17.9 Å². The largest absolute Gasteiger partial charge is 0.298 e. The van der Waals surface area contributed by atoms with E-state index in [2.05, 4.69) is 5.10 Å². The molecule has 1 aromatic carbocycles. The summed E-state index contributed by atoms with van der Waals surface area (Å²) in [5.41, 5.74) is 2.36. The Balaban J connectivity index is 2.53. The van der Waals surface area contributed by atoms with Crippen LogP contribution in [0.25, 0.3) is 11.1 Å². The molecule has 0 aliphatic carbocycles. The summed E-state index contributed by atoms with van der Waals surface area (Å²) in [5.74, 6) is 0. The van der Waals surface area contributed by atoms with Crippen LogP contribution in [0.1, 0.15) is 17.3 Å². The van der Waals surface area contributed by atoms with Gasteiger partial charge in [-0.25, -0.2) is 0 Å². The third kappa shape index (κ3) is 1.99. The summed E-state index contributed by atoms with van der Waals surface area (Å²) in [4.78, 5) is 10.9. The minimum atomic E-state index is 0.616. The lowest BCUT2D eigenvalue weighted by Crippen LogP contribution is -1.92. The molecule has 0 radical (unpaired) electrons. The minimum absolute atomic E-state index is 0.616. The predicted octanol–water partition coefficient (Wildman–Crippen LogP) is 3.04. The number of benzene rings is 1. The number of aryl methyl sites for hydroxylation is 1. The van der Waals surface area contributed by atoms with Crippen LogP contribution in [0.2, 0.25) is 5.02 Å². The van der Waals surface area contributed by atoms with Crippen molar-refractivity contribution in [2.24, 2.45) is 0 Å². The maximum absolute atomic E-state index is 10.9. The van der Waals surface area contributed by atoms with Crippen LogP contribution in [-0.2, 0) is 6.54 Å². The molecule has 0 saturated carbocycles. The standard InChI is InChI=1S/C12H11ClN2O/c1-2-15-7-10(6-14-15)12-5-11(13)4-3-9(12)8-16/h3-8H,2H2,1H3. The maximum atomic E-state index is 10.9. The normalized spacial score (nSPS) is 10.4. The van der Waals surface area contributed by atoms with E-state index in [-0.39, 0.29) is 0 Å². The molecule has 0 saturated heterocycles. The van der Waals surface area contributed by atoms with Crippen molar-refractivity contribution in [3.63, 3.8) is 0 Å². The summed E-state index contributed by atoms with van der Waals surface area (Å²) in [6.45, 7) is 2.81. The van der Waals surface area contributed by atoms with Gasteiger partial charge in [0.05, 0.1) is 6.20 Å². The fourth-order valence-corrected chi connectivity index (χ4v) is 1.73. The Bertz CT molecular complexity index is 519. The molecule has 0 fully saturated rings. The predicted molar refractivity (Wildman–Crippen MR) is 63.7 cm³/mol. The molecule has 0 unspecified atom stereocenters. The topological polar surface area (TPSA) is 34.9 Å². The van der Waals surface area contributed by atoms with E-state index in [0.717, 1.165) is 24.0 Å². The third-order valence-electron chi connectivity index (χ3n) is 2.41. The van der Waals surface area contributed by atoms with Crippen molar-refractivity contribution in [3.05, 3.63) is 41.2 Å². The number of carbonyl (C=O) groups excluding carboxylic acids is 1. The van der Waals surface area contributed by atoms with Crippen LogP contribution < -0.4 is 0 Å². The molecule has 2 aromatic rings. The van der Waals surface area contributed by atoms with Gasteiger partial charge in [-0.1, -0.05) is 11.6 Å². The van der Waals surface area contributed by atoms with Gasteiger partial charge in [-0.15, -0.1) is 0 Å². The van der Waals surface area contributed by atoms with Gasteiger partial charge in [0, 0.05) is 28.9 Å². The fraction of sp³-hybridized carbons (Fsp3) is 0.167. The Hall–Kier alpha value is -1.61. The summed E-state index contributed by atoms with van der Waals surface area (Å²) in [6, 6.07) is 5.20. The number of rotatable bonds is 3. The molecule has 1 aromatic heterocycles. The number of aromatic nitrogens is 2. The number of nitrogens with zero attached hydrogens (tertiary/aromatic N) is 2. The number of hydrogen-bond acceptors (Lipinski definition) is 2. The third-order valence-corrected chi connectivity index (χ3v) is 2.65. The summed E-state index contributed by atoms with van der Waals surface area (Å²) in [5, 5.41) is 4.79. The van der Waals surface area contributed by atoms with Gasteiger partial charge in [-0.05, 0) is 30.7 Å². The van der Waals surface area contributed by atoms with E-state index in [0.29, 0.717) is 10.6 Å². The summed E-state index contributed by atoms with van der Waals surface area (Å²) < 4.78 is 1.81. The van der Waals surface area contributed by atoms with Crippen molar-refractivity contribution in [3.8, 4) is 11.1 Å². The zero-order valence-corrected chi connectivity index (χ0v) is 9.61. The average molecular weight is 235 g/mol. The second kappa shape index (κ2) is 4.49. The molecule has 0 N–H and O–H groups in total. The molecule has 16 heavy (non-hydrogen) atoms. The highest BCUT2D eigenvalue weighted by molar-refractivity contribution is 6.31. The van der Waals surface area contributed by atoms with Crippen LogP contribution in [-0.4, -0.2) is 16.1 Å². The number of aldehydes is 1. The van der Waals surface area contributed by atoms with E-state index in [9.17, 15) is 4.79 Å². The smallest absolute Gasteiger partial charge is 0.150 e. The van der Waals surface area contributed by atoms with Gasteiger partial charge in [0.25, 0.3) is 0 Å². The van der Waals surface area contributed by atoms with Crippen molar-refractivity contribution < 1.29 is 4.79 Å². The molecule has 82 valence electrons. The molecule has 2 rings (SSSR count). The summed E-state index contributed by atoms with van der Waals surface area (Å²) in [7, 11) is 0. The van der Waals surface area contributed by atoms with E-state index in [1.807, 2.05) is 17.8 Å². The van der Waals surface area contributed by atoms with Crippen molar-refractivity contribution in [2.45, 2.75) is 13.5 Å². The lowest BCUT2D eigenvalue weighted by atomic mass is 10.0. The monoisotopic (exact) mass is 234 g/mol. The number of carbonyl (C=O) groups is 1. The first-order valence-corrected chi connectivity index (χ1v) is 5.40. The lowest BCUT2D eigenvalue weighted by molar-refractivity contribution is 0.112. The van der Waals surface area contributed by atoms with E-state index >= 15 is 0 Å². The van der Waals surface area contributed by atoms with Gasteiger partial charge in [0.15, 0.2) is 6.29 Å². The number of hydrogen-bond donors (Lipinski definition) is 0. The lowest BCUT2D eigenvalue weighted by Gasteiger charge is -2.02. The first-order valence-electron chi connectivity index (χ1n) is 5.02.